The zero-order valence-electron chi connectivity index (χ0n) is 15.8. The number of anilines is 3. The molecule has 2 aromatic carbocycles. The van der Waals surface area contributed by atoms with Gasteiger partial charge in [0.2, 0.25) is 5.95 Å². The lowest BCUT2D eigenvalue weighted by Gasteiger charge is -2.11. The maximum atomic E-state index is 5.26. The summed E-state index contributed by atoms with van der Waals surface area (Å²) in [7, 11) is 3.33. The van der Waals surface area contributed by atoms with Gasteiger partial charge in [0.05, 0.1) is 14.2 Å². The largest absolute Gasteiger partial charge is 0.497 e. The molecule has 3 rings (SSSR count). The molecule has 0 aliphatic heterocycles. The molecule has 27 heavy (non-hydrogen) atoms. The number of hydrogen-bond acceptors (Lipinski definition) is 6. The zero-order chi connectivity index (χ0) is 19.1. The van der Waals surface area contributed by atoms with Gasteiger partial charge in [0.1, 0.15) is 17.3 Å². The van der Waals surface area contributed by atoms with Crippen LogP contribution in [0, 0.1) is 6.92 Å². The Bertz CT molecular complexity index is 882. The first-order chi connectivity index (χ1) is 13.2. The number of ether oxygens (including phenoxy) is 2. The number of aryl methyl sites for hydroxylation is 1. The van der Waals surface area contributed by atoms with Crippen molar-refractivity contribution in [3.8, 4) is 11.5 Å². The monoisotopic (exact) mass is 364 g/mol. The van der Waals surface area contributed by atoms with Gasteiger partial charge in [0, 0.05) is 24.0 Å². The van der Waals surface area contributed by atoms with E-state index >= 15 is 0 Å². The molecule has 0 bridgehead atoms. The van der Waals surface area contributed by atoms with Crippen LogP contribution in [0.25, 0.3) is 0 Å². The number of aromatic nitrogens is 2. The van der Waals surface area contributed by atoms with Crippen molar-refractivity contribution in [2.75, 3.05) is 31.4 Å². The molecule has 0 unspecified atom stereocenters. The first-order valence-corrected chi connectivity index (χ1v) is 8.80. The Morgan fingerprint density at radius 3 is 2.41 bits per heavy atom. The number of hydrogen-bond donors (Lipinski definition) is 2. The smallest absolute Gasteiger partial charge is 0.224 e. The molecule has 6 nitrogen and oxygen atoms in total. The van der Waals surface area contributed by atoms with Crippen molar-refractivity contribution < 1.29 is 9.47 Å². The maximum Gasteiger partial charge on any atom is 0.224 e. The van der Waals surface area contributed by atoms with E-state index in [9.17, 15) is 0 Å². The normalized spacial score (nSPS) is 10.3. The summed E-state index contributed by atoms with van der Waals surface area (Å²) in [5, 5.41) is 6.59. The SMILES string of the molecule is COc1ccc(Nc2cc(C)nc(NCCc3cccc(OC)c3)n2)cc1. The van der Waals surface area contributed by atoms with Crippen LogP contribution < -0.4 is 20.1 Å². The molecule has 0 saturated carbocycles. The van der Waals surface area contributed by atoms with Gasteiger partial charge in [-0.15, -0.1) is 0 Å². The van der Waals surface area contributed by atoms with Gasteiger partial charge in [-0.1, -0.05) is 12.1 Å². The van der Waals surface area contributed by atoms with Gasteiger partial charge in [0.25, 0.3) is 0 Å². The Labute approximate surface area is 159 Å². The minimum Gasteiger partial charge on any atom is -0.497 e. The first kappa shape index (κ1) is 18.5. The van der Waals surface area contributed by atoms with E-state index in [-0.39, 0.29) is 0 Å². The maximum absolute atomic E-state index is 5.26. The third-order valence-electron chi connectivity index (χ3n) is 4.05. The predicted molar refractivity (Wildman–Crippen MR) is 108 cm³/mol. The number of nitrogens with one attached hydrogen (secondary N) is 2. The van der Waals surface area contributed by atoms with Gasteiger partial charge in [0.15, 0.2) is 0 Å². The third-order valence-corrected chi connectivity index (χ3v) is 4.05. The summed E-state index contributed by atoms with van der Waals surface area (Å²) in [4.78, 5) is 9.01. The van der Waals surface area contributed by atoms with E-state index in [1.165, 1.54) is 5.56 Å². The van der Waals surface area contributed by atoms with Crippen LogP contribution >= 0.6 is 0 Å². The lowest BCUT2D eigenvalue weighted by Crippen LogP contribution is -2.09. The van der Waals surface area contributed by atoms with Gasteiger partial charge in [-0.2, -0.15) is 4.98 Å². The lowest BCUT2D eigenvalue weighted by atomic mass is 10.1. The Kier molecular flexibility index (Phi) is 6.10. The molecular weight excluding hydrogens is 340 g/mol. The number of benzene rings is 2. The average Bonchev–Trinajstić information content (AvgIpc) is 2.68. The minimum absolute atomic E-state index is 0.605. The van der Waals surface area contributed by atoms with E-state index in [4.69, 9.17) is 9.47 Å². The molecule has 0 amide bonds. The van der Waals surface area contributed by atoms with Crippen molar-refractivity contribution in [3.05, 3.63) is 65.9 Å². The Morgan fingerprint density at radius 1 is 0.889 bits per heavy atom. The highest BCUT2D eigenvalue weighted by molar-refractivity contribution is 5.58. The number of methoxy groups -OCH3 is 2. The van der Waals surface area contributed by atoms with Gasteiger partial charge in [-0.05, 0) is 55.3 Å². The van der Waals surface area contributed by atoms with Crippen LogP contribution in [0.3, 0.4) is 0 Å². The van der Waals surface area contributed by atoms with Gasteiger partial charge >= 0.3 is 0 Å². The van der Waals surface area contributed by atoms with Crippen molar-refractivity contribution in [3.63, 3.8) is 0 Å². The van der Waals surface area contributed by atoms with Crippen LogP contribution in [-0.4, -0.2) is 30.7 Å². The summed E-state index contributed by atoms with van der Waals surface area (Å²) in [5.74, 6) is 3.04. The highest BCUT2D eigenvalue weighted by Crippen LogP contribution is 2.20. The number of rotatable bonds is 8. The molecule has 6 heteroatoms. The van der Waals surface area contributed by atoms with Crippen molar-refractivity contribution in [1.29, 1.82) is 0 Å². The summed E-state index contributed by atoms with van der Waals surface area (Å²) in [5.41, 5.74) is 3.03. The fourth-order valence-corrected chi connectivity index (χ4v) is 2.68. The zero-order valence-corrected chi connectivity index (χ0v) is 15.8. The van der Waals surface area contributed by atoms with E-state index in [1.807, 2.05) is 55.5 Å². The standard InChI is InChI=1S/C21H24N4O2/c1-15-13-20(24-17-7-9-18(26-2)10-8-17)25-21(23-15)22-12-11-16-5-4-6-19(14-16)27-3/h4-10,13-14H,11-12H2,1-3H3,(H2,22,23,24,25). The Morgan fingerprint density at radius 2 is 1.67 bits per heavy atom. The van der Waals surface area contributed by atoms with Gasteiger partial charge < -0.3 is 20.1 Å². The first-order valence-electron chi connectivity index (χ1n) is 8.80. The second-order valence-corrected chi connectivity index (χ2v) is 6.10. The summed E-state index contributed by atoms with van der Waals surface area (Å²) in [6.07, 6.45) is 0.857. The van der Waals surface area contributed by atoms with E-state index in [0.717, 1.165) is 41.7 Å². The molecule has 1 heterocycles. The van der Waals surface area contributed by atoms with Crippen LogP contribution in [0.5, 0.6) is 11.5 Å². The van der Waals surface area contributed by atoms with E-state index in [2.05, 4.69) is 26.7 Å². The van der Waals surface area contributed by atoms with Crippen molar-refractivity contribution in [1.82, 2.24) is 9.97 Å². The second kappa shape index (κ2) is 8.89. The quantitative estimate of drug-likeness (QED) is 0.624. The Hall–Kier alpha value is -3.28. The third kappa shape index (κ3) is 5.34. The summed E-state index contributed by atoms with van der Waals surface area (Å²) in [6.45, 7) is 2.69. The van der Waals surface area contributed by atoms with Crippen LogP contribution in [0.4, 0.5) is 17.5 Å². The highest BCUT2D eigenvalue weighted by atomic mass is 16.5. The minimum atomic E-state index is 0.605. The van der Waals surface area contributed by atoms with Crippen LogP contribution in [0.1, 0.15) is 11.3 Å². The van der Waals surface area contributed by atoms with Gasteiger partial charge in [-0.3, -0.25) is 0 Å². The molecule has 2 N–H and O–H groups in total. The lowest BCUT2D eigenvalue weighted by molar-refractivity contribution is 0.414. The Balaban J connectivity index is 1.62. The van der Waals surface area contributed by atoms with E-state index in [1.54, 1.807) is 14.2 Å². The van der Waals surface area contributed by atoms with Crippen LogP contribution in [-0.2, 0) is 6.42 Å². The second-order valence-electron chi connectivity index (χ2n) is 6.10. The van der Waals surface area contributed by atoms with Crippen molar-refractivity contribution >= 4 is 17.5 Å². The molecule has 3 aromatic rings. The molecule has 0 fully saturated rings. The molecule has 1 aromatic heterocycles. The van der Waals surface area contributed by atoms with Crippen molar-refractivity contribution in [2.24, 2.45) is 0 Å². The summed E-state index contributed by atoms with van der Waals surface area (Å²) >= 11 is 0. The molecule has 0 saturated heterocycles. The molecule has 0 radical (unpaired) electrons. The van der Waals surface area contributed by atoms with Crippen LogP contribution in [0.15, 0.2) is 54.6 Å². The predicted octanol–water partition coefficient (Wildman–Crippen LogP) is 4.20. The summed E-state index contributed by atoms with van der Waals surface area (Å²) in [6, 6.07) is 17.7. The molecule has 0 aliphatic carbocycles. The van der Waals surface area contributed by atoms with Crippen LogP contribution in [0.2, 0.25) is 0 Å². The fourth-order valence-electron chi connectivity index (χ4n) is 2.68. The molecule has 0 atom stereocenters. The molecule has 140 valence electrons. The molecular formula is C21H24N4O2. The van der Waals surface area contributed by atoms with E-state index < -0.39 is 0 Å². The summed E-state index contributed by atoms with van der Waals surface area (Å²) < 4.78 is 10.4. The molecule has 0 aliphatic rings. The topological polar surface area (TPSA) is 68.3 Å². The van der Waals surface area contributed by atoms with Crippen molar-refractivity contribution in [2.45, 2.75) is 13.3 Å². The highest BCUT2D eigenvalue weighted by Gasteiger charge is 2.04. The average molecular weight is 364 g/mol. The van der Waals surface area contributed by atoms with Gasteiger partial charge in [-0.25, -0.2) is 4.98 Å². The van der Waals surface area contributed by atoms with E-state index in [0.29, 0.717) is 5.95 Å². The molecule has 0 spiro atoms. The number of nitrogens with zero attached hydrogens (tertiary/aromatic N) is 2. The fraction of sp³-hybridized carbons (Fsp3) is 0.238.